The summed E-state index contributed by atoms with van der Waals surface area (Å²) >= 11 is 0. The summed E-state index contributed by atoms with van der Waals surface area (Å²) in [5.41, 5.74) is 1.56. The van der Waals surface area contributed by atoms with Gasteiger partial charge in [0.1, 0.15) is 5.75 Å². The van der Waals surface area contributed by atoms with E-state index in [0.29, 0.717) is 25.6 Å². The maximum atomic E-state index is 12.4. The van der Waals surface area contributed by atoms with Gasteiger partial charge in [-0.2, -0.15) is 0 Å². The number of carbonyl (C=O) groups excluding carboxylic acids is 1. The lowest BCUT2D eigenvalue weighted by atomic mass is 9.97. The molecular weight excluding hydrogens is 330 g/mol. The summed E-state index contributed by atoms with van der Waals surface area (Å²) in [5.74, 6) is 1.27. The molecule has 1 fully saturated rings. The molecule has 1 aliphatic rings. The van der Waals surface area contributed by atoms with Crippen molar-refractivity contribution in [2.45, 2.75) is 33.2 Å². The SMILES string of the molecule is CCOc1ccc2[nH]c(=O)c(CN3CCCC(CNC(C)=O)C3)cc2c1. The molecule has 26 heavy (non-hydrogen) atoms. The average Bonchev–Trinajstić information content (AvgIpc) is 2.61. The predicted molar refractivity (Wildman–Crippen MR) is 102 cm³/mol. The molecule has 1 atom stereocenters. The summed E-state index contributed by atoms with van der Waals surface area (Å²) < 4.78 is 5.56. The van der Waals surface area contributed by atoms with Crippen LogP contribution in [0.5, 0.6) is 5.75 Å². The molecule has 3 rings (SSSR count). The number of hydrogen-bond donors (Lipinski definition) is 2. The number of amides is 1. The van der Waals surface area contributed by atoms with Crippen LogP contribution in [0.3, 0.4) is 0 Å². The summed E-state index contributed by atoms with van der Waals surface area (Å²) in [5, 5.41) is 3.89. The van der Waals surface area contributed by atoms with Crippen molar-refractivity contribution in [1.29, 1.82) is 0 Å². The molecule has 140 valence electrons. The Hall–Kier alpha value is -2.34. The van der Waals surface area contributed by atoms with Gasteiger partial charge in [0.25, 0.3) is 5.56 Å². The Balaban J connectivity index is 1.73. The van der Waals surface area contributed by atoms with E-state index in [9.17, 15) is 9.59 Å². The number of aromatic amines is 1. The van der Waals surface area contributed by atoms with E-state index in [1.54, 1.807) is 6.92 Å². The van der Waals surface area contributed by atoms with Crippen molar-refractivity contribution in [3.05, 3.63) is 40.2 Å². The third-order valence-electron chi connectivity index (χ3n) is 4.84. The molecule has 1 unspecified atom stereocenters. The Kier molecular flexibility index (Phi) is 5.93. The van der Waals surface area contributed by atoms with Gasteiger partial charge < -0.3 is 15.0 Å². The molecule has 0 radical (unpaired) electrons. The van der Waals surface area contributed by atoms with Gasteiger partial charge in [-0.1, -0.05) is 0 Å². The summed E-state index contributed by atoms with van der Waals surface area (Å²) in [7, 11) is 0. The molecule has 6 heteroatoms. The van der Waals surface area contributed by atoms with Gasteiger partial charge in [-0.3, -0.25) is 14.5 Å². The lowest BCUT2D eigenvalue weighted by Crippen LogP contribution is -2.40. The second kappa shape index (κ2) is 8.36. The van der Waals surface area contributed by atoms with E-state index >= 15 is 0 Å². The number of fused-ring (bicyclic) bond motifs is 1. The Morgan fingerprint density at radius 3 is 3.00 bits per heavy atom. The molecule has 0 spiro atoms. The minimum Gasteiger partial charge on any atom is -0.494 e. The van der Waals surface area contributed by atoms with Crippen LogP contribution in [0.2, 0.25) is 0 Å². The monoisotopic (exact) mass is 357 g/mol. The van der Waals surface area contributed by atoms with Gasteiger partial charge in [-0.05, 0) is 56.5 Å². The first-order chi connectivity index (χ1) is 12.5. The van der Waals surface area contributed by atoms with Gasteiger partial charge in [0, 0.05) is 43.0 Å². The van der Waals surface area contributed by atoms with Gasteiger partial charge in [-0.25, -0.2) is 0 Å². The highest BCUT2D eigenvalue weighted by Crippen LogP contribution is 2.21. The van der Waals surface area contributed by atoms with Crippen molar-refractivity contribution in [2.24, 2.45) is 5.92 Å². The number of benzene rings is 1. The standard InChI is InChI=1S/C20H27N3O3/c1-3-26-18-6-7-19-16(10-18)9-17(20(25)22-19)13-23-8-4-5-15(12-23)11-21-14(2)24/h6-7,9-10,15H,3-5,8,11-13H2,1-2H3,(H,21,24)(H,22,25). The minimum atomic E-state index is -0.0364. The Bertz CT molecular complexity index is 831. The van der Waals surface area contributed by atoms with Crippen molar-refractivity contribution in [3.8, 4) is 5.75 Å². The molecule has 1 saturated heterocycles. The molecule has 6 nitrogen and oxygen atoms in total. The van der Waals surface area contributed by atoms with Crippen LogP contribution in [0.25, 0.3) is 10.9 Å². The number of ether oxygens (including phenoxy) is 1. The number of piperidine rings is 1. The molecule has 2 aromatic rings. The van der Waals surface area contributed by atoms with Gasteiger partial charge in [0.2, 0.25) is 5.91 Å². The fourth-order valence-corrected chi connectivity index (χ4v) is 3.59. The summed E-state index contributed by atoms with van der Waals surface area (Å²) in [6, 6.07) is 7.69. The van der Waals surface area contributed by atoms with Crippen LogP contribution in [0.1, 0.15) is 32.3 Å². The van der Waals surface area contributed by atoms with E-state index in [1.807, 2.05) is 31.2 Å². The first kappa shape index (κ1) is 18.5. The largest absolute Gasteiger partial charge is 0.494 e. The fourth-order valence-electron chi connectivity index (χ4n) is 3.59. The number of rotatable bonds is 6. The predicted octanol–water partition coefficient (Wildman–Crippen LogP) is 2.27. The Morgan fingerprint density at radius 2 is 2.23 bits per heavy atom. The zero-order chi connectivity index (χ0) is 18.5. The number of H-pyrrole nitrogens is 1. The number of hydrogen-bond acceptors (Lipinski definition) is 4. The second-order valence-electron chi connectivity index (χ2n) is 6.99. The van der Waals surface area contributed by atoms with Gasteiger partial charge in [0.15, 0.2) is 0 Å². The molecule has 1 aromatic heterocycles. The van der Waals surface area contributed by atoms with Crippen LogP contribution >= 0.6 is 0 Å². The van der Waals surface area contributed by atoms with Crippen LogP contribution in [0, 0.1) is 5.92 Å². The lowest BCUT2D eigenvalue weighted by molar-refractivity contribution is -0.119. The highest BCUT2D eigenvalue weighted by atomic mass is 16.5. The zero-order valence-corrected chi connectivity index (χ0v) is 15.5. The normalized spacial score (nSPS) is 18.0. The van der Waals surface area contributed by atoms with Crippen molar-refractivity contribution in [1.82, 2.24) is 15.2 Å². The van der Waals surface area contributed by atoms with E-state index in [2.05, 4.69) is 15.2 Å². The molecule has 0 aliphatic carbocycles. The van der Waals surface area contributed by atoms with Crippen LogP contribution in [-0.2, 0) is 11.3 Å². The van der Waals surface area contributed by atoms with Crippen LogP contribution in [0.15, 0.2) is 29.1 Å². The van der Waals surface area contributed by atoms with Crippen LogP contribution < -0.4 is 15.6 Å². The second-order valence-corrected chi connectivity index (χ2v) is 6.99. The number of pyridine rings is 1. The lowest BCUT2D eigenvalue weighted by Gasteiger charge is -2.32. The number of aromatic nitrogens is 1. The topological polar surface area (TPSA) is 74.4 Å². The summed E-state index contributed by atoms with van der Waals surface area (Å²) in [6.07, 6.45) is 2.20. The quantitative estimate of drug-likeness (QED) is 0.832. The Morgan fingerprint density at radius 1 is 1.38 bits per heavy atom. The molecule has 1 aliphatic heterocycles. The van der Waals surface area contributed by atoms with Crippen LogP contribution in [-0.4, -0.2) is 42.0 Å². The highest BCUT2D eigenvalue weighted by Gasteiger charge is 2.21. The maximum absolute atomic E-state index is 12.4. The highest BCUT2D eigenvalue weighted by molar-refractivity contribution is 5.80. The molecule has 0 saturated carbocycles. The van der Waals surface area contributed by atoms with Crippen LogP contribution in [0.4, 0.5) is 0 Å². The van der Waals surface area contributed by atoms with Crippen molar-refractivity contribution in [2.75, 3.05) is 26.2 Å². The van der Waals surface area contributed by atoms with E-state index in [-0.39, 0.29) is 11.5 Å². The van der Waals surface area contributed by atoms with Gasteiger partial charge >= 0.3 is 0 Å². The first-order valence-electron chi connectivity index (χ1n) is 9.30. The number of carbonyl (C=O) groups is 1. The van der Waals surface area contributed by atoms with Gasteiger partial charge in [0.05, 0.1) is 6.61 Å². The van der Waals surface area contributed by atoms with Crippen molar-refractivity contribution < 1.29 is 9.53 Å². The van der Waals surface area contributed by atoms with E-state index in [0.717, 1.165) is 48.1 Å². The molecule has 1 aromatic carbocycles. The Labute approximate surface area is 153 Å². The smallest absolute Gasteiger partial charge is 0.252 e. The molecule has 2 N–H and O–H groups in total. The minimum absolute atomic E-state index is 0.0122. The van der Waals surface area contributed by atoms with Gasteiger partial charge in [-0.15, -0.1) is 0 Å². The molecular formula is C20H27N3O3. The summed E-state index contributed by atoms with van der Waals surface area (Å²) in [6.45, 7) is 7.33. The average molecular weight is 357 g/mol. The first-order valence-corrected chi connectivity index (χ1v) is 9.30. The zero-order valence-electron chi connectivity index (χ0n) is 15.5. The third kappa shape index (κ3) is 4.64. The number of nitrogens with one attached hydrogen (secondary N) is 2. The molecule has 2 heterocycles. The van der Waals surface area contributed by atoms with E-state index in [4.69, 9.17) is 4.74 Å². The maximum Gasteiger partial charge on any atom is 0.252 e. The number of nitrogens with zero attached hydrogens (tertiary/aromatic N) is 1. The molecule has 0 bridgehead atoms. The fraction of sp³-hybridized carbons (Fsp3) is 0.500. The third-order valence-corrected chi connectivity index (χ3v) is 4.84. The summed E-state index contributed by atoms with van der Waals surface area (Å²) in [4.78, 5) is 28.8. The number of likely N-dealkylation sites (tertiary alicyclic amines) is 1. The van der Waals surface area contributed by atoms with Crippen molar-refractivity contribution >= 4 is 16.8 Å². The van der Waals surface area contributed by atoms with E-state index < -0.39 is 0 Å². The van der Waals surface area contributed by atoms with E-state index in [1.165, 1.54) is 0 Å². The van der Waals surface area contributed by atoms with Crippen molar-refractivity contribution in [3.63, 3.8) is 0 Å². The molecule has 1 amide bonds.